The normalized spacial score (nSPS) is 30.0. The van der Waals surface area contributed by atoms with Gasteiger partial charge in [-0.1, -0.05) is 0 Å². The van der Waals surface area contributed by atoms with Crippen molar-refractivity contribution in [1.82, 2.24) is 15.5 Å². The summed E-state index contributed by atoms with van der Waals surface area (Å²) in [4.78, 5) is 37.7. The zero-order valence-electron chi connectivity index (χ0n) is 11.6. The van der Waals surface area contributed by atoms with Crippen molar-refractivity contribution in [2.45, 2.75) is 63.1 Å². The average molecular weight is 279 g/mol. The number of piperidine rings is 1. The first kappa shape index (κ1) is 13.4. The number of hydrogen-bond acceptors (Lipinski definition) is 3. The maximum atomic E-state index is 12.5. The third kappa shape index (κ3) is 2.78. The van der Waals surface area contributed by atoms with Crippen molar-refractivity contribution >= 4 is 17.7 Å². The van der Waals surface area contributed by atoms with Crippen molar-refractivity contribution in [2.75, 3.05) is 6.54 Å². The molecule has 2 aliphatic heterocycles. The Labute approximate surface area is 118 Å². The molecule has 0 radical (unpaired) electrons. The average Bonchev–Trinajstić information content (AvgIpc) is 3.10. The summed E-state index contributed by atoms with van der Waals surface area (Å²) in [6.45, 7) is 0.619. The lowest BCUT2D eigenvalue weighted by Gasteiger charge is -2.30. The van der Waals surface area contributed by atoms with E-state index in [1.165, 1.54) is 0 Å². The van der Waals surface area contributed by atoms with Crippen LogP contribution in [0.3, 0.4) is 0 Å². The fraction of sp³-hybridized carbons (Fsp3) is 0.786. The number of nitrogens with one attached hydrogen (secondary N) is 2. The molecule has 1 saturated carbocycles. The molecule has 3 amide bonds. The third-order valence-electron chi connectivity index (χ3n) is 4.29. The van der Waals surface area contributed by atoms with Gasteiger partial charge in [-0.2, -0.15) is 0 Å². The number of nitrogens with zero attached hydrogens (tertiary/aromatic N) is 1. The highest BCUT2D eigenvalue weighted by Gasteiger charge is 2.39. The Morgan fingerprint density at radius 3 is 2.65 bits per heavy atom. The van der Waals surface area contributed by atoms with Crippen molar-refractivity contribution in [2.24, 2.45) is 0 Å². The molecule has 0 aromatic rings. The quantitative estimate of drug-likeness (QED) is 0.759. The van der Waals surface area contributed by atoms with Crippen molar-refractivity contribution in [3.63, 3.8) is 0 Å². The summed E-state index contributed by atoms with van der Waals surface area (Å²) in [6.07, 6.45) is 5.60. The molecule has 0 aromatic carbocycles. The predicted molar refractivity (Wildman–Crippen MR) is 71.7 cm³/mol. The minimum atomic E-state index is -0.439. The van der Waals surface area contributed by atoms with Crippen LogP contribution in [-0.2, 0) is 14.4 Å². The van der Waals surface area contributed by atoms with Crippen molar-refractivity contribution in [1.29, 1.82) is 0 Å². The van der Waals surface area contributed by atoms with Gasteiger partial charge in [0.2, 0.25) is 17.7 Å². The maximum Gasteiger partial charge on any atom is 0.245 e. The van der Waals surface area contributed by atoms with Crippen LogP contribution in [-0.4, -0.2) is 47.3 Å². The molecular formula is C14H21N3O3. The van der Waals surface area contributed by atoms with Gasteiger partial charge in [0, 0.05) is 19.0 Å². The number of rotatable bonds is 3. The molecule has 3 rings (SSSR count). The van der Waals surface area contributed by atoms with Gasteiger partial charge in [-0.15, -0.1) is 0 Å². The number of carbonyl (C=O) groups excluding carboxylic acids is 3. The standard InChI is InChI=1S/C14H21N3O3/c18-12-5-1-3-10(16-12)14(20)17-8-2-4-11(17)13(19)15-9-6-7-9/h9-11H,1-8H2,(H,15,19)(H,16,18)/t10-,11?/m1/s1. The summed E-state index contributed by atoms with van der Waals surface area (Å²) in [5, 5.41) is 5.72. The van der Waals surface area contributed by atoms with Gasteiger partial charge in [-0.05, 0) is 38.5 Å². The van der Waals surface area contributed by atoms with Crippen LogP contribution in [0.1, 0.15) is 44.9 Å². The van der Waals surface area contributed by atoms with Crippen LogP contribution in [0.2, 0.25) is 0 Å². The first-order valence-corrected chi connectivity index (χ1v) is 7.55. The van der Waals surface area contributed by atoms with Gasteiger partial charge < -0.3 is 15.5 Å². The molecule has 2 atom stereocenters. The van der Waals surface area contributed by atoms with Crippen LogP contribution in [0, 0.1) is 0 Å². The molecule has 110 valence electrons. The smallest absolute Gasteiger partial charge is 0.245 e. The van der Waals surface area contributed by atoms with Gasteiger partial charge in [0.1, 0.15) is 12.1 Å². The second-order valence-corrected chi connectivity index (χ2v) is 5.98. The first-order chi connectivity index (χ1) is 9.65. The summed E-state index contributed by atoms with van der Waals surface area (Å²) < 4.78 is 0. The van der Waals surface area contributed by atoms with Gasteiger partial charge in [0.25, 0.3) is 0 Å². The highest BCUT2D eigenvalue weighted by molar-refractivity contribution is 5.93. The van der Waals surface area contributed by atoms with E-state index in [0.29, 0.717) is 25.4 Å². The van der Waals surface area contributed by atoms with E-state index in [1.807, 2.05) is 0 Å². The summed E-state index contributed by atoms with van der Waals surface area (Å²) in [6, 6.07) is -0.470. The molecular weight excluding hydrogens is 258 g/mol. The molecule has 20 heavy (non-hydrogen) atoms. The molecule has 6 nitrogen and oxygen atoms in total. The van der Waals surface area contributed by atoms with Gasteiger partial charge in [0.15, 0.2) is 0 Å². The van der Waals surface area contributed by atoms with E-state index >= 15 is 0 Å². The topological polar surface area (TPSA) is 78.5 Å². The SMILES string of the molecule is O=C1CCC[C@H](C(=O)N2CCCC2C(=O)NC2CC2)N1. The molecule has 3 aliphatic rings. The van der Waals surface area contributed by atoms with E-state index in [1.54, 1.807) is 4.90 Å². The summed E-state index contributed by atoms with van der Waals surface area (Å²) in [5.41, 5.74) is 0. The van der Waals surface area contributed by atoms with Crippen LogP contribution in [0.5, 0.6) is 0 Å². The Morgan fingerprint density at radius 2 is 1.95 bits per heavy atom. The summed E-state index contributed by atoms with van der Waals surface area (Å²) in [7, 11) is 0. The first-order valence-electron chi connectivity index (χ1n) is 7.55. The third-order valence-corrected chi connectivity index (χ3v) is 4.29. The van der Waals surface area contributed by atoms with Gasteiger partial charge in [0.05, 0.1) is 0 Å². The van der Waals surface area contributed by atoms with E-state index in [0.717, 1.165) is 32.1 Å². The molecule has 6 heteroatoms. The lowest BCUT2D eigenvalue weighted by atomic mass is 10.0. The Morgan fingerprint density at radius 1 is 1.15 bits per heavy atom. The molecule has 2 N–H and O–H groups in total. The number of likely N-dealkylation sites (tertiary alicyclic amines) is 1. The van der Waals surface area contributed by atoms with Crippen LogP contribution >= 0.6 is 0 Å². The molecule has 2 heterocycles. The zero-order chi connectivity index (χ0) is 14.1. The lowest BCUT2D eigenvalue weighted by Crippen LogP contribution is -2.54. The molecule has 1 unspecified atom stereocenters. The fourth-order valence-corrected chi connectivity index (χ4v) is 3.02. The minimum absolute atomic E-state index is 0.0273. The van der Waals surface area contributed by atoms with Crippen LogP contribution in [0.15, 0.2) is 0 Å². The Kier molecular flexibility index (Phi) is 3.63. The van der Waals surface area contributed by atoms with E-state index in [9.17, 15) is 14.4 Å². The Hall–Kier alpha value is -1.59. The van der Waals surface area contributed by atoms with Crippen LogP contribution in [0.4, 0.5) is 0 Å². The van der Waals surface area contributed by atoms with E-state index in [-0.39, 0.29) is 23.8 Å². The van der Waals surface area contributed by atoms with E-state index in [2.05, 4.69) is 10.6 Å². The van der Waals surface area contributed by atoms with Crippen LogP contribution in [0.25, 0.3) is 0 Å². The maximum absolute atomic E-state index is 12.5. The van der Waals surface area contributed by atoms with E-state index in [4.69, 9.17) is 0 Å². The monoisotopic (exact) mass is 279 g/mol. The highest BCUT2D eigenvalue weighted by Crippen LogP contribution is 2.24. The van der Waals surface area contributed by atoms with Crippen molar-refractivity contribution in [3.8, 4) is 0 Å². The number of carbonyl (C=O) groups is 3. The largest absolute Gasteiger partial charge is 0.352 e. The predicted octanol–water partition coefficient (Wildman–Crippen LogP) is -0.0753. The number of hydrogen-bond donors (Lipinski definition) is 2. The van der Waals surface area contributed by atoms with Crippen molar-refractivity contribution in [3.05, 3.63) is 0 Å². The highest BCUT2D eigenvalue weighted by atomic mass is 16.2. The second kappa shape index (κ2) is 5.42. The lowest BCUT2D eigenvalue weighted by molar-refractivity contribution is -0.142. The summed E-state index contributed by atoms with van der Waals surface area (Å²) >= 11 is 0. The molecule has 2 saturated heterocycles. The molecule has 3 fully saturated rings. The molecule has 0 bridgehead atoms. The van der Waals surface area contributed by atoms with Gasteiger partial charge in [-0.25, -0.2) is 0 Å². The van der Waals surface area contributed by atoms with E-state index < -0.39 is 6.04 Å². The van der Waals surface area contributed by atoms with Gasteiger partial charge >= 0.3 is 0 Å². The van der Waals surface area contributed by atoms with Crippen molar-refractivity contribution < 1.29 is 14.4 Å². The second-order valence-electron chi connectivity index (χ2n) is 5.98. The summed E-state index contributed by atoms with van der Waals surface area (Å²) in [5.74, 6) is -0.181. The number of amides is 3. The molecule has 0 aromatic heterocycles. The molecule has 1 aliphatic carbocycles. The fourth-order valence-electron chi connectivity index (χ4n) is 3.02. The molecule has 0 spiro atoms. The zero-order valence-corrected chi connectivity index (χ0v) is 11.6. The van der Waals surface area contributed by atoms with Gasteiger partial charge in [-0.3, -0.25) is 14.4 Å². The van der Waals surface area contributed by atoms with Crippen LogP contribution < -0.4 is 10.6 Å². The minimum Gasteiger partial charge on any atom is -0.352 e. The Bertz CT molecular complexity index is 433. The Balaban J connectivity index is 1.62.